The number of aryl methyl sites for hydroxylation is 1. The van der Waals surface area contributed by atoms with Crippen LogP contribution in [0.1, 0.15) is 21.6 Å². The zero-order valence-corrected chi connectivity index (χ0v) is 13.7. The van der Waals surface area contributed by atoms with E-state index in [1.807, 2.05) is 31.2 Å². The van der Waals surface area contributed by atoms with Gasteiger partial charge in [0.05, 0.1) is 5.69 Å². The molecule has 0 aliphatic heterocycles. The number of amides is 1. The van der Waals surface area contributed by atoms with Crippen molar-refractivity contribution in [2.45, 2.75) is 13.5 Å². The van der Waals surface area contributed by atoms with Crippen molar-refractivity contribution in [2.75, 3.05) is 5.32 Å². The van der Waals surface area contributed by atoms with Crippen LogP contribution in [0.2, 0.25) is 0 Å². The maximum Gasteiger partial charge on any atom is 0.272 e. The van der Waals surface area contributed by atoms with Crippen molar-refractivity contribution in [3.8, 4) is 0 Å². The Balaban J connectivity index is 1.61. The summed E-state index contributed by atoms with van der Waals surface area (Å²) in [6, 6.07) is 17.3. The van der Waals surface area contributed by atoms with E-state index in [9.17, 15) is 9.18 Å². The number of nitrogens with one attached hydrogen (secondary N) is 2. The average molecular weight is 336 g/mol. The van der Waals surface area contributed by atoms with Crippen LogP contribution in [-0.2, 0) is 6.54 Å². The number of hydrogen-bond acceptors (Lipinski definition) is 4. The first-order valence-corrected chi connectivity index (χ1v) is 7.81. The second kappa shape index (κ2) is 7.53. The Kier molecular flexibility index (Phi) is 4.99. The van der Waals surface area contributed by atoms with E-state index in [0.717, 1.165) is 11.1 Å². The highest BCUT2D eigenvalue weighted by Crippen LogP contribution is 2.17. The van der Waals surface area contributed by atoms with Gasteiger partial charge in [0, 0.05) is 6.54 Å². The summed E-state index contributed by atoms with van der Waals surface area (Å²) in [5, 5.41) is 13.4. The molecule has 0 aliphatic carbocycles. The zero-order chi connectivity index (χ0) is 17.6. The molecule has 3 rings (SSSR count). The molecule has 1 aromatic heterocycles. The van der Waals surface area contributed by atoms with Crippen molar-refractivity contribution >= 4 is 17.4 Å². The number of hydrogen-bond donors (Lipinski definition) is 2. The van der Waals surface area contributed by atoms with Crippen molar-refractivity contribution in [1.82, 2.24) is 15.5 Å². The molecule has 2 N–H and O–H groups in total. The zero-order valence-electron chi connectivity index (χ0n) is 13.7. The second-order valence-corrected chi connectivity index (χ2v) is 5.58. The highest BCUT2D eigenvalue weighted by atomic mass is 19.1. The van der Waals surface area contributed by atoms with Crippen LogP contribution in [0.5, 0.6) is 0 Å². The predicted molar refractivity (Wildman–Crippen MR) is 94.1 cm³/mol. The molecule has 0 fully saturated rings. The third-order valence-electron chi connectivity index (χ3n) is 3.57. The Morgan fingerprint density at radius 1 is 1.04 bits per heavy atom. The lowest BCUT2D eigenvalue weighted by Crippen LogP contribution is -2.24. The minimum absolute atomic E-state index is 0.201. The molecule has 0 spiro atoms. The first kappa shape index (κ1) is 16.6. The molecule has 3 aromatic rings. The van der Waals surface area contributed by atoms with Gasteiger partial charge in [-0.1, -0.05) is 42.0 Å². The highest BCUT2D eigenvalue weighted by Gasteiger charge is 2.09. The lowest BCUT2D eigenvalue weighted by Gasteiger charge is -2.07. The van der Waals surface area contributed by atoms with Crippen LogP contribution in [0.4, 0.5) is 15.9 Å². The van der Waals surface area contributed by atoms with E-state index >= 15 is 0 Å². The number of benzene rings is 2. The predicted octanol–water partition coefficient (Wildman–Crippen LogP) is 3.60. The molecule has 25 heavy (non-hydrogen) atoms. The molecule has 1 heterocycles. The fraction of sp³-hybridized carbons (Fsp3) is 0.105. The molecular weight excluding hydrogens is 319 g/mol. The molecule has 0 unspecified atom stereocenters. The van der Waals surface area contributed by atoms with Gasteiger partial charge < -0.3 is 10.6 Å². The lowest BCUT2D eigenvalue weighted by atomic mass is 10.1. The highest BCUT2D eigenvalue weighted by molar-refractivity contribution is 5.92. The monoisotopic (exact) mass is 336 g/mol. The average Bonchev–Trinajstić information content (AvgIpc) is 2.62. The van der Waals surface area contributed by atoms with Gasteiger partial charge >= 0.3 is 0 Å². The number of nitrogens with zero attached hydrogens (tertiary/aromatic N) is 2. The number of aromatic nitrogens is 2. The fourth-order valence-corrected chi connectivity index (χ4v) is 2.32. The van der Waals surface area contributed by atoms with E-state index in [0.29, 0.717) is 18.1 Å². The van der Waals surface area contributed by atoms with Crippen molar-refractivity contribution in [3.05, 3.63) is 83.3 Å². The number of halogens is 1. The summed E-state index contributed by atoms with van der Waals surface area (Å²) in [4.78, 5) is 12.1. The third-order valence-corrected chi connectivity index (χ3v) is 3.57. The van der Waals surface area contributed by atoms with Gasteiger partial charge in [-0.2, -0.15) is 0 Å². The van der Waals surface area contributed by atoms with Crippen LogP contribution >= 0.6 is 0 Å². The van der Waals surface area contributed by atoms with Crippen LogP contribution in [0.15, 0.2) is 60.7 Å². The van der Waals surface area contributed by atoms with Gasteiger partial charge in [0.2, 0.25) is 0 Å². The Bertz CT molecular complexity index is 881. The number of para-hydroxylation sites is 1. The van der Waals surface area contributed by atoms with E-state index in [1.54, 1.807) is 30.3 Å². The molecule has 0 aliphatic rings. The standard InChI is InChI=1S/C19H17FN4O/c1-13-5-4-6-14(11-13)12-21-19(25)17-9-10-18(24-23-17)22-16-8-3-2-7-15(16)20/h2-11H,12H2,1H3,(H,21,25)(H,22,24). The van der Waals surface area contributed by atoms with Gasteiger partial charge in [-0.05, 0) is 36.8 Å². The molecule has 0 saturated carbocycles. The topological polar surface area (TPSA) is 66.9 Å². The van der Waals surface area contributed by atoms with E-state index in [4.69, 9.17) is 0 Å². The number of rotatable bonds is 5. The fourth-order valence-electron chi connectivity index (χ4n) is 2.32. The first-order chi connectivity index (χ1) is 12.1. The molecule has 1 amide bonds. The van der Waals surface area contributed by atoms with Crippen LogP contribution < -0.4 is 10.6 Å². The Morgan fingerprint density at radius 2 is 1.88 bits per heavy atom. The normalized spacial score (nSPS) is 10.3. The second-order valence-electron chi connectivity index (χ2n) is 5.58. The Hall–Kier alpha value is -3.28. The summed E-state index contributed by atoms with van der Waals surface area (Å²) in [6.45, 7) is 2.41. The van der Waals surface area contributed by atoms with Gasteiger partial charge in [0.15, 0.2) is 11.5 Å². The van der Waals surface area contributed by atoms with Crippen LogP contribution in [-0.4, -0.2) is 16.1 Å². The minimum atomic E-state index is -0.385. The number of anilines is 2. The van der Waals surface area contributed by atoms with E-state index < -0.39 is 0 Å². The molecule has 0 bridgehead atoms. The van der Waals surface area contributed by atoms with E-state index in [1.165, 1.54) is 6.07 Å². The molecule has 6 heteroatoms. The van der Waals surface area contributed by atoms with Crippen molar-refractivity contribution in [2.24, 2.45) is 0 Å². The van der Waals surface area contributed by atoms with E-state index in [2.05, 4.69) is 20.8 Å². The molecule has 0 atom stereocenters. The lowest BCUT2D eigenvalue weighted by molar-refractivity contribution is 0.0945. The summed E-state index contributed by atoms with van der Waals surface area (Å²) >= 11 is 0. The summed E-state index contributed by atoms with van der Waals surface area (Å²) in [5.41, 5.74) is 2.65. The first-order valence-electron chi connectivity index (χ1n) is 7.81. The summed E-state index contributed by atoms with van der Waals surface area (Å²) < 4.78 is 13.6. The van der Waals surface area contributed by atoms with E-state index in [-0.39, 0.29) is 17.4 Å². The van der Waals surface area contributed by atoms with Crippen molar-refractivity contribution in [1.29, 1.82) is 0 Å². The summed E-state index contributed by atoms with van der Waals surface area (Å²) in [5.74, 6) is -0.337. The van der Waals surface area contributed by atoms with Gasteiger partial charge in [0.25, 0.3) is 5.91 Å². The van der Waals surface area contributed by atoms with Gasteiger partial charge in [-0.15, -0.1) is 10.2 Å². The maximum atomic E-state index is 13.6. The third kappa shape index (κ3) is 4.38. The maximum absolute atomic E-state index is 13.6. The molecule has 2 aromatic carbocycles. The number of carbonyl (C=O) groups is 1. The Labute approximate surface area is 144 Å². The molecule has 0 saturated heterocycles. The summed E-state index contributed by atoms with van der Waals surface area (Å²) in [6.07, 6.45) is 0. The number of carbonyl (C=O) groups excluding carboxylic acids is 1. The molecule has 126 valence electrons. The van der Waals surface area contributed by atoms with Crippen LogP contribution in [0.25, 0.3) is 0 Å². The molecule has 0 radical (unpaired) electrons. The summed E-state index contributed by atoms with van der Waals surface area (Å²) in [7, 11) is 0. The van der Waals surface area contributed by atoms with Crippen molar-refractivity contribution in [3.63, 3.8) is 0 Å². The van der Waals surface area contributed by atoms with Crippen LogP contribution in [0, 0.1) is 12.7 Å². The van der Waals surface area contributed by atoms with Crippen molar-refractivity contribution < 1.29 is 9.18 Å². The van der Waals surface area contributed by atoms with Gasteiger partial charge in [-0.3, -0.25) is 4.79 Å². The SMILES string of the molecule is Cc1cccc(CNC(=O)c2ccc(Nc3ccccc3F)nn2)c1. The van der Waals surface area contributed by atoms with Crippen LogP contribution in [0.3, 0.4) is 0 Å². The largest absolute Gasteiger partial charge is 0.347 e. The van der Waals surface area contributed by atoms with Gasteiger partial charge in [0.1, 0.15) is 5.82 Å². The minimum Gasteiger partial charge on any atom is -0.347 e. The Morgan fingerprint density at radius 3 is 2.60 bits per heavy atom. The molecule has 5 nitrogen and oxygen atoms in total. The quantitative estimate of drug-likeness (QED) is 0.747. The molecular formula is C19H17FN4O. The smallest absolute Gasteiger partial charge is 0.272 e. The van der Waals surface area contributed by atoms with Gasteiger partial charge in [-0.25, -0.2) is 4.39 Å².